The van der Waals surface area contributed by atoms with Gasteiger partial charge in [0.1, 0.15) is 0 Å². The van der Waals surface area contributed by atoms with Gasteiger partial charge in [-0.1, -0.05) is 66.7 Å². The fraction of sp³-hybridized carbons (Fsp3) is 0.944. The molecule has 0 fully saturated rings. The fourth-order valence-corrected chi connectivity index (χ4v) is 2.41. The molecule has 1 amide bonds. The van der Waals surface area contributed by atoms with E-state index >= 15 is 0 Å². The molecule has 0 radical (unpaired) electrons. The van der Waals surface area contributed by atoms with Gasteiger partial charge in [0, 0.05) is 13.0 Å². The average molecular weight is 283 g/mol. The third-order valence-electron chi connectivity index (χ3n) is 3.96. The van der Waals surface area contributed by atoms with Gasteiger partial charge in [0.15, 0.2) is 0 Å². The van der Waals surface area contributed by atoms with Crippen LogP contribution < -0.4 is 5.32 Å². The first kappa shape index (κ1) is 19.5. The molecular weight excluding hydrogens is 246 g/mol. The van der Waals surface area contributed by atoms with E-state index in [1.54, 1.807) is 0 Å². The fourth-order valence-electron chi connectivity index (χ4n) is 2.41. The summed E-state index contributed by atoms with van der Waals surface area (Å²) in [6, 6.07) is 0. The van der Waals surface area contributed by atoms with Crippen LogP contribution in [0.2, 0.25) is 0 Å². The van der Waals surface area contributed by atoms with E-state index in [9.17, 15) is 4.79 Å². The highest BCUT2D eigenvalue weighted by atomic mass is 16.1. The molecule has 0 aliphatic carbocycles. The van der Waals surface area contributed by atoms with E-state index in [2.05, 4.69) is 39.9 Å². The van der Waals surface area contributed by atoms with Crippen molar-refractivity contribution in [1.29, 1.82) is 0 Å². The van der Waals surface area contributed by atoms with Crippen molar-refractivity contribution < 1.29 is 4.79 Å². The molecule has 0 aliphatic heterocycles. The molecule has 0 heterocycles. The molecule has 0 bridgehead atoms. The molecule has 0 spiro atoms. The predicted molar refractivity (Wildman–Crippen MR) is 88.9 cm³/mol. The Morgan fingerprint density at radius 3 is 2.30 bits per heavy atom. The maximum atomic E-state index is 11.8. The Labute approximate surface area is 127 Å². The zero-order chi connectivity index (χ0) is 15.4. The molecule has 1 N–H and O–H groups in total. The van der Waals surface area contributed by atoms with Crippen LogP contribution in [0.3, 0.4) is 0 Å². The molecule has 0 aromatic heterocycles. The molecule has 0 saturated carbocycles. The third kappa shape index (κ3) is 12.5. The summed E-state index contributed by atoms with van der Waals surface area (Å²) in [5.41, 5.74) is 0.426. The third-order valence-corrected chi connectivity index (χ3v) is 3.96. The zero-order valence-corrected chi connectivity index (χ0v) is 14.6. The first-order valence-electron chi connectivity index (χ1n) is 8.65. The van der Waals surface area contributed by atoms with E-state index in [-0.39, 0.29) is 5.91 Å². The molecule has 20 heavy (non-hydrogen) atoms. The van der Waals surface area contributed by atoms with Crippen LogP contribution in [0.1, 0.15) is 92.4 Å². The van der Waals surface area contributed by atoms with Gasteiger partial charge in [0.05, 0.1) is 0 Å². The van der Waals surface area contributed by atoms with Gasteiger partial charge in [-0.05, 0) is 30.6 Å². The smallest absolute Gasteiger partial charge is 0.220 e. The molecule has 2 nitrogen and oxygen atoms in total. The largest absolute Gasteiger partial charge is 0.356 e. The number of rotatable bonds is 11. The quantitative estimate of drug-likeness (QED) is 0.511. The first-order valence-corrected chi connectivity index (χ1v) is 8.65. The van der Waals surface area contributed by atoms with E-state index in [1.165, 1.54) is 44.9 Å². The number of carbonyl (C=O) groups is 1. The average Bonchev–Trinajstić information content (AvgIpc) is 2.37. The summed E-state index contributed by atoms with van der Waals surface area (Å²) in [5, 5.41) is 3.11. The molecule has 1 atom stereocenters. The highest BCUT2D eigenvalue weighted by Crippen LogP contribution is 2.22. The van der Waals surface area contributed by atoms with Gasteiger partial charge in [0.25, 0.3) is 0 Å². The summed E-state index contributed by atoms with van der Waals surface area (Å²) >= 11 is 0. The van der Waals surface area contributed by atoms with Crippen LogP contribution in [-0.2, 0) is 4.79 Å². The summed E-state index contributed by atoms with van der Waals surface area (Å²) in [5.74, 6) is 0.912. The Morgan fingerprint density at radius 2 is 1.75 bits per heavy atom. The lowest BCUT2D eigenvalue weighted by atomic mass is 9.89. The van der Waals surface area contributed by atoms with Gasteiger partial charge in [0.2, 0.25) is 5.91 Å². The molecule has 0 saturated heterocycles. The van der Waals surface area contributed by atoms with Crippen molar-refractivity contribution in [3.8, 4) is 0 Å². The van der Waals surface area contributed by atoms with Crippen molar-refractivity contribution in [2.45, 2.75) is 92.4 Å². The van der Waals surface area contributed by atoms with Crippen LogP contribution in [0.4, 0.5) is 0 Å². The van der Waals surface area contributed by atoms with Gasteiger partial charge >= 0.3 is 0 Å². The molecular formula is C18H37NO. The lowest BCUT2D eigenvalue weighted by Crippen LogP contribution is -2.28. The Morgan fingerprint density at radius 1 is 1.05 bits per heavy atom. The van der Waals surface area contributed by atoms with Crippen LogP contribution in [0, 0.1) is 11.3 Å². The van der Waals surface area contributed by atoms with Gasteiger partial charge in [-0.15, -0.1) is 0 Å². The van der Waals surface area contributed by atoms with E-state index in [1.807, 2.05) is 0 Å². The first-order chi connectivity index (χ1) is 9.39. The summed E-state index contributed by atoms with van der Waals surface area (Å²) in [6.07, 6.45) is 10.4. The Balaban J connectivity index is 3.58. The molecule has 0 rings (SSSR count). The Hall–Kier alpha value is -0.530. The van der Waals surface area contributed by atoms with Gasteiger partial charge in [-0.3, -0.25) is 4.79 Å². The van der Waals surface area contributed by atoms with Crippen LogP contribution in [0.25, 0.3) is 0 Å². The van der Waals surface area contributed by atoms with Crippen LogP contribution in [0.15, 0.2) is 0 Å². The minimum Gasteiger partial charge on any atom is -0.356 e. The molecule has 1 unspecified atom stereocenters. The molecule has 120 valence electrons. The summed E-state index contributed by atoms with van der Waals surface area (Å²) in [7, 11) is 0. The standard InChI is InChI=1S/C18H37NO/c1-6-8-12-16(7-2)15-19-17(20)13-10-9-11-14-18(3,4)5/h16H,6-15H2,1-5H3,(H,19,20). The number of carbonyl (C=O) groups excluding carboxylic acids is 1. The minimum absolute atomic E-state index is 0.246. The number of nitrogens with one attached hydrogen (secondary N) is 1. The number of unbranched alkanes of at least 4 members (excludes halogenated alkanes) is 3. The minimum atomic E-state index is 0.246. The normalized spacial score (nSPS) is 13.2. The van der Waals surface area contributed by atoms with Crippen molar-refractivity contribution in [3.63, 3.8) is 0 Å². The second-order valence-corrected chi connectivity index (χ2v) is 7.34. The Bertz CT molecular complexity index is 242. The van der Waals surface area contributed by atoms with Crippen LogP contribution >= 0.6 is 0 Å². The monoisotopic (exact) mass is 283 g/mol. The van der Waals surface area contributed by atoms with Crippen LogP contribution in [0.5, 0.6) is 0 Å². The maximum Gasteiger partial charge on any atom is 0.220 e. The zero-order valence-electron chi connectivity index (χ0n) is 14.6. The number of hydrogen-bond acceptors (Lipinski definition) is 1. The highest BCUT2D eigenvalue weighted by molar-refractivity contribution is 5.75. The summed E-state index contributed by atoms with van der Waals surface area (Å²) < 4.78 is 0. The maximum absolute atomic E-state index is 11.8. The SMILES string of the molecule is CCCCC(CC)CNC(=O)CCCCCC(C)(C)C. The topological polar surface area (TPSA) is 29.1 Å². The van der Waals surface area contributed by atoms with Crippen molar-refractivity contribution >= 4 is 5.91 Å². The predicted octanol–water partition coefficient (Wildman–Crippen LogP) is 5.32. The van der Waals surface area contributed by atoms with E-state index < -0.39 is 0 Å². The number of hydrogen-bond donors (Lipinski definition) is 1. The van der Waals surface area contributed by atoms with E-state index in [0.29, 0.717) is 17.8 Å². The summed E-state index contributed by atoms with van der Waals surface area (Å²) in [6.45, 7) is 12.2. The van der Waals surface area contributed by atoms with Crippen molar-refractivity contribution in [2.75, 3.05) is 6.54 Å². The Kier molecular flexibility index (Phi) is 10.9. The highest BCUT2D eigenvalue weighted by Gasteiger charge is 2.10. The lowest BCUT2D eigenvalue weighted by Gasteiger charge is -2.17. The molecule has 0 aromatic carbocycles. The second kappa shape index (κ2) is 11.2. The van der Waals surface area contributed by atoms with Gasteiger partial charge in [-0.25, -0.2) is 0 Å². The molecule has 0 aliphatic rings. The number of amides is 1. The lowest BCUT2D eigenvalue weighted by molar-refractivity contribution is -0.121. The second-order valence-electron chi connectivity index (χ2n) is 7.34. The van der Waals surface area contributed by atoms with E-state index in [4.69, 9.17) is 0 Å². The van der Waals surface area contributed by atoms with Crippen molar-refractivity contribution in [1.82, 2.24) is 5.32 Å². The molecule has 2 heteroatoms. The van der Waals surface area contributed by atoms with Gasteiger partial charge < -0.3 is 5.32 Å². The molecule has 0 aromatic rings. The van der Waals surface area contributed by atoms with Crippen molar-refractivity contribution in [3.05, 3.63) is 0 Å². The van der Waals surface area contributed by atoms with Gasteiger partial charge in [-0.2, -0.15) is 0 Å². The summed E-state index contributed by atoms with van der Waals surface area (Å²) in [4.78, 5) is 11.8. The van der Waals surface area contributed by atoms with Crippen LogP contribution in [-0.4, -0.2) is 12.5 Å². The van der Waals surface area contributed by atoms with Crippen molar-refractivity contribution in [2.24, 2.45) is 11.3 Å². The van der Waals surface area contributed by atoms with E-state index in [0.717, 1.165) is 13.0 Å².